The lowest BCUT2D eigenvalue weighted by Crippen LogP contribution is -2.38. The van der Waals surface area contributed by atoms with Crippen LogP contribution in [0.3, 0.4) is 0 Å². The Morgan fingerprint density at radius 3 is 1.95 bits per heavy atom. The Kier molecular flexibility index (Phi) is 14.7. The van der Waals surface area contributed by atoms with E-state index in [0.717, 1.165) is 111 Å². The number of nitrogens with zero attached hydrogens (tertiary/aromatic N) is 5. The number of halogens is 3. The molecule has 13 nitrogen and oxygen atoms in total. The second-order valence-corrected chi connectivity index (χ2v) is 17.3. The lowest BCUT2D eigenvalue weighted by atomic mass is 9.91. The van der Waals surface area contributed by atoms with Crippen molar-refractivity contribution in [2.75, 3.05) is 39.3 Å². The summed E-state index contributed by atoms with van der Waals surface area (Å²) in [6.07, 6.45) is 18.5. The number of amides is 4. The van der Waals surface area contributed by atoms with Crippen LogP contribution >= 0.6 is 0 Å². The van der Waals surface area contributed by atoms with Gasteiger partial charge in [-0.05, 0) is 117 Å². The summed E-state index contributed by atoms with van der Waals surface area (Å²) in [5.41, 5.74) is 4.34. The second-order valence-electron chi connectivity index (χ2n) is 17.3. The fourth-order valence-corrected chi connectivity index (χ4v) is 8.92. The summed E-state index contributed by atoms with van der Waals surface area (Å²) in [7, 11) is 0. The smallest absolute Gasteiger partial charge is 0.270 e. The minimum absolute atomic E-state index is 0.0227. The van der Waals surface area contributed by atoms with E-state index in [1.807, 2.05) is 33.7 Å². The molecule has 0 spiro atoms. The Morgan fingerprint density at radius 1 is 0.621 bits per heavy atom. The number of fused-ring (bicyclic) bond motifs is 3. The van der Waals surface area contributed by atoms with E-state index in [1.54, 1.807) is 47.9 Å². The zero-order valence-electron chi connectivity index (χ0n) is 36.7. The number of piperidine rings is 2. The molecule has 2 aromatic carbocycles. The number of carbonyl (C=O) groups is 4. The number of imidazole rings is 1. The van der Waals surface area contributed by atoms with E-state index in [2.05, 4.69) is 30.6 Å². The Hall–Kier alpha value is -6.97. The van der Waals surface area contributed by atoms with Crippen LogP contribution in [0, 0.1) is 29.3 Å². The van der Waals surface area contributed by atoms with Crippen LogP contribution in [-0.4, -0.2) is 97.0 Å². The van der Waals surface area contributed by atoms with Crippen LogP contribution in [0.4, 0.5) is 13.2 Å². The van der Waals surface area contributed by atoms with Crippen molar-refractivity contribution in [1.82, 2.24) is 44.8 Å². The first-order chi connectivity index (χ1) is 32.1. The number of hydrogen-bond donors (Lipinski definition) is 4. The van der Waals surface area contributed by atoms with Gasteiger partial charge >= 0.3 is 0 Å². The molecule has 0 atom stereocenters. The molecule has 0 unspecified atom stereocenters. The number of pyridine rings is 2. The van der Waals surface area contributed by atoms with Gasteiger partial charge < -0.3 is 34.8 Å². The third kappa shape index (κ3) is 11.5. The zero-order valence-corrected chi connectivity index (χ0v) is 36.7. The summed E-state index contributed by atoms with van der Waals surface area (Å²) in [5, 5.41) is 7.58. The fraction of sp³-hybridized carbons (Fsp3) is 0.360. The van der Waals surface area contributed by atoms with Gasteiger partial charge in [0.2, 0.25) is 0 Å². The van der Waals surface area contributed by atoms with Crippen LogP contribution in [0.25, 0.3) is 27.5 Å². The maximum atomic E-state index is 13.4. The molecule has 2 saturated heterocycles. The van der Waals surface area contributed by atoms with Gasteiger partial charge in [-0.2, -0.15) is 0 Å². The molecule has 0 radical (unpaired) electrons. The van der Waals surface area contributed by atoms with Crippen molar-refractivity contribution in [2.45, 2.75) is 64.2 Å². The quantitative estimate of drug-likeness (QED) is 0.0800. The molecule has 0 bridgehead atoms. The summed E-state index contributed by atoms with van der Waals surface area (Å²) >= 11 is 0. The van der Waals surface area contributed by atoms with Crippen LogP contribution in [0.2, 0.25) is 0 Å². The molecular formula is C50H54F3N9O4. The number of unbranched alkanes of at least 4 members (excludes halogenated alkanes) is 2. The Balaban J connectivity index is 0.000000180. The highest BCUT2D eigenvalue weighted by molar-refractivity contribution is 5.99. The first kappa shape index (κ1) is 45.6. The van der Waals surface area contributed by atoms with Crippen molar-refractivity contribution in [3.8, 4) is 0 Å². The van der Waals surface area contributed by atoms with Crippen LogP contribution in [-0.2, 0) is 0 Å². The lowest BCUT2D eigenvalue weighted by Gasteiger charge is -2.32. The second kappa shape index (κ2) is 21.3. The summed E-state index contributed by atoms with van der Waals surface area (Å²) in [4.78, 5) is 68.1. The minimum atomic E-state index is -1.000. The average Bonchev–Trinajstić information content (AvgIpc) is 4.11. The van der Waals surface area contributed by atoms with Crippen LogP contribution in [0.1, 0.15) is 106 Å². The predicted molar refractivity (Wildman–Crippen MR) is 246 cm³/mol. The highest BCUT2D eigenvalue weighted by Gasteiger charge is 2.26. The molecule has 4 amide bonds. The molecule has 16 heteroatoms. The predicted octanol–water partition coefficient (Wildman–Crippen LogP) is 8.70. The molecule has 2 fully saturated rings. The van der Waals surface area contributed by atoms with Gasteiger partial charge in [0.15, 0.2) is 11.6 Å². The third-order valence-electron chi connectivity index (χ3n) is 12.7. The van der Waals surface area contributed by atoms with Crippen molar-refractivity contribution in [2.24, 2.45) is 11.8 Å². The van der Waals surface area contributed by atoms with Gasteiger partial charge in [0.25, 0.3) is 23.6 Å². The van der Waals surface area contributed by atoms with E-state index in [-0.39, 0.29) is 35.0 Å². The number of rotatable bonds is 14. The number of H-pyrrole nitrogens is 2. The maximum absolute atomic E-state index is 13.4. The number of aromatic amines is 2. The molecule has 66 heavy (non-hydrogen) atoms. The van der Waals surface area contributed by atoms with Crippen molar-refractivity contribution in [3.63, 3.8) is 0 Å². The molecule has 344 valence electrons. The first-order valence-electron chi connectivity index (χ1n) is 22.8. The van der Waals surface area contributed by atoms with Gasteiger partial charge in [0.05, 0.1) is 5.56 Å². The highest BCUT2D eigenvalue weighted by Crippen LogP contribution is 2.26. The number of likely N-dealkylation sites (tertiary alicyclic amines) is 2. The molecular weight excluding hydrogens is 848 g/mol. The number of carbonyl (C=O) groups excluding carboxylic acids is 4. The summed E-state index contributed by atoms with van der Waals surface area (Å²) in [6, 6.07) is 16.8. The standard InChI is InChI=1S/C26H28FN5O2.C24H26F2N4O2/c27-20-4-5-21-18(13-20)14-24(31-21)26(34)32-11-7-17(8-12-32)3-1-2-9-29-25(33)23-15-19-16-28-10-6-22(19)30-23;25-20-6-4-18(15-21(20)26)24(32)29-12-8-17(9-13-29)3-1-2-10-28-23(31)19-5-7-22-27-11-14-30(22)16-19/h4-6,10,13-17,30-31H,1-3,7-9,11-12H2,(H,29,33);4-7,11,14-17H,1-3,8-10,12-13H2,(H,28,31). The van der Waals surface area contributed by atoms with E-state index in [0.29, 0.717) is 60.4 Å². The van der Waals surface area contributed by atoms with Crippen LogP contribution < -0.4 is 10.6 Å². The molecule has 2 aliphatic heterocycles. The zero-order chi connectivity index (χ0) is 46.0. The number of benzene rings is 2. The number of aromatic nitrogens is 5. The molecule has 0 aliphatic carbocycles. The monoisotopic (exact) mass is 901 g/mol. The molecule has 7 heterocycles. The van der Waals surface area contributed by atoms with E-state index >= 15 is 0 Å². The van der Waals surface area contributed by atoms with E-state index in [9.17, 15) is 32.3 Å². The molecule has 5 aromatic heterocycles. The molecule has 9 rings (SSSR count). The van der Waals surface area contributed by atoms with E-state index < -0.39 is 11.6 Å². The first-order valence-corrected chi connectivity index (χ1v) is 22.8. The van der Waals surface area contributed by atoms with Crippen molar-refractivity contribution >= 4 is 51.1 Å². The fourth-order valence-electron chi connectivity index (χ4n) is 8.92. The maximum Gasteiger partial charge on any atom is 0.270 e. The molecule has 4 N–H and O–H groups in total. The molecule has 2 aliphatic rings. The number of hydrogen-bond acceptors (Lipinski definition) is 6. The largest absolute Gasteiger partial charge is 0.352 e. The van der Waals surface area contributed by atoms with Gasteiger partial charge in [-0.25, -0.2) is 18.2 Å². The Bertz CT molecular complexity index is 2770. The summed E-state index contributed by atoms with van der Waals surface area (Å²) in [6.45, 7) is 3.98. The van der Waals surface area contributed by atoms with Gasteiger partial charge in [-0.1, -0.05) is 25.7 Å². The molecule has 0 saturated carbocycles. The Morgan fingerprint density at radius 2 is 1.26 bits per heavy atom. The van der Waals surface area contributed by atoms with Gasteiger partial charge in [0, 0.05) is 97.6 Å². The molecule has 7 aromatic rings. The SMILES string of the molecule is O=C(NCCCCC1CCN(C(=O)c2cc3cc(F)ccc3[nH]2)CC1)c1cc2cnccc2[nH]1.O=C(NCCCCC1CCN(C(=O)c2ccc(F)c(F)c2)CC1)c1ccc2nccn2c1. The van der Waals surface area contributed by atoms with Crippen LogP contribution in [0.5, 0.6) is 0 Å². The Labute approximate surface area is 380 Å². The third-order valence-corrected chi connectivity index (χ3v) is 12.7. The topological polar surface area (TPSA) is 161 Å². The normalized spacial score (nSPS) is 14.7. The van der Waals surface area contributed by atoms with Crippen molar-refractivity contribution in [1.29, 1.82) is 0 Å². The van der Waals surface area contributed by atoms with Gasteiger partial charge in [-0.3, -0.25) is 24.2 Å². The highest BCUT2D eigenvalue weighted by atomic mass is 19.2. The van der Waals surface area contributed by atoms with Crippen molar-refractivity contribution < 1.29 is 32.3 Å². The summed E-state index contributed by atoms with van der Waals surface area (Å²) in [5.74, 6) is -1.59. The van der Waals surface area contributed by atoms with Gasteiger partial charge in [-0.15, -0.1) is 0 Å². The number of nitrogens with one attached hydrogen (secondary N) is 4. The van der Waals surface area contributed by atoms with E-state index in [4.69, 9.17) is 0 Å². The lowest BCUT2D eigenvalue weighted by molar-refractivity contribution is 0.0675. The van der Waals surface area contributed by atoms with Crippen LogP contribution in [0.15, 0.2) is 97.7 Å². The summed E-state index contributed by atoms with van der Waals surface area (Å²) < 4.78 is 41.7. The van der Waals surface area contributed by atoms with Gasteiger partial charge in [0.1, 0.15) is 22.9 Å². The van der Waals surface area contributed by atoms with E-state index in [1.165, 1.54) is 18.2 Å². The minimum Gasteiger partial charge on any atom is -0.352 e. The van der Waals surface area contributed by atoms with Crippen molar-refractivity contribution in [3.05, 3.63) is 138 Å². The average molecular weight is 902 g/mol.